The summed E-state index contributed by atoms with van der Waals surface area (Å²) in [7, 11) is 0. The summed E-state index contributed by atoms with van der Waals surface area (Å²) in [6, 6.07) is 6.24. The van der Waals surface area contributed by atoms with Crippen molar-refractivity contribution >= 4 is 29.3 Å². The highest BCUT2D eigenvalue weighted by atomic mass is 16.5. The maximum atomic E-state index is 12.2. The van der Waals surface area contributed by atoms with Gasteiger partial charge in [0, 0.05) is 36.7 Å². The Morgan fingerprint density at radius 3 is 2.67 bits per heavy atom. The van der Waals surface area contributed by atoms with Gasteiger partial charge >= 0.3 is 5.97 Å². The average Bonchev–Trinajstić information content (AvgIpc) is 2.97. The standard InChI is InChI=1S/C20H22N2O5/c1-2-27-20(26)13-6-8-14(9-7-13)21-18(24)10-11-22-16-4-3-5-17(23)15(16)12-19(22)25/h6-9,12,16H,2-5,10-11H2,1H3,(H,21,24). The van der Waals surface area contributed by atoms with Crippen LogP contribution in [-0.4, -0.2) is 47.7 Å². The Labute approximate surface area is 157 Å². The summed E-state index contributed by atoms with van der Waals surface area (Å²) in [5.74, 6) is -0.805. The Kier molecular flexibility index (Phi) is 5.69. The summed E-state index contributed by atoms with van der Waals surface area (Å²) < 4.78 is 4.91. The molecule has 1 unspecified atom stereocenters. The molecule has 0 radical (unpaired) electrons. The van der Waals surface area contributed by atoms with Crippen LogP contribution in [-0.2, 0) is 19.1 Å². The SMILES string of the molecule is CCOC(=O)c1ccc(NC(=O)CCN2C(=O)C=C3C(=O)CCCC32)cc1. The quantitative estimate of drug-likeness (QED) is 0.774. The van der Waals surface area contributed by atoms with E-state index in [-0.39, 0.29) is 36.6 Å². The molecule has 1 aliphatic heterocycles. The smallest absolute Gasteiger partial charge is 0.338 e. The lowest BCUT2D eigenvalue weighted by Gasteiger charge is -2.29. The largest absolute Gasteiger partial charge is 0.462 e. The van der Waals surface area contributed by atoms with E-state index in [1.165, 1.54) is 6.08 Å². The average molecular weight is 370 g/mol. The van der Waals surface area contributed by atoms with E-state index in [2.05, 4.69) is 5.32 Å². The van der Waals surface area contributed by atoms with Crippen LogP contribution in [0.5, 0.6) is 0 Å². The van der Waals surface area contributed by atoms with Crippen LogP contribution in [0, 0.1) is 0 Å². The Hall–Kier alpha value is -2.96. The van der Waals surface area contributed by atoms with Gasteiger partial charge in [0.1, 0.15) is 0 Å². The van der Waals surface area contributed by atoms with Crippen LogP contribution in [0.1, 0.15) is 43.0 Å². The second kappa shape index (κ2) is 8.16. The lowest BCUT2D eigenvalue weighted by Crippen LogP contribution is -2.40. The third kappa shape index (κ3) is 4.24. The number of ether oxygens (including phenoxy) is 1. The number of ketones is 1. The molecule has 1 aromatic carbocycles. The molecule has 1 aromatic rings. The third-order valence-corrected chi connectivity index (χ3v) is 4.76. The fraction of sp³-hybridized carbons (Fsp3) is 0.400. The molecule has 27 heavy (non-hydrogen) atoms. The number of amides is 2. The number of carbonyl (C=O) groups excluding carboxylic acids is 4. The van der Waals surface area contributed by atoms with Gasteiger partial charge in [-0.3, -0.25) is 14.4 Å². The van der Waals surface area contributed by atoms with Gasteiger partial charge < -0.3 is 15.0 Å². The molecule has 7 nitrogen and oxygen atoms in total. The van der Waals surface area contributed by atoms with Gasteiger partial charge in [0.15, 0.2) is 5.78 Å². The van der Waals surface area contributed by atoms with Crippen molar-refractivity contribution in [2.24, 2.45) is 0 Å². The number of nitrogens with one attached hydrogen (secondary N) is 1. The zero-order chi connectivity index (χ0) is 19.4. The lowest BCUT2D eigenvalue weighted by molar-refractivity contribution is -0.127. The van der Waals surface area contributed by atoms with Crippen molar-refractivity contribution in [3.63, 3.8) is 0 Å². The van der Waals surface area contributed by atoms with E-state index in [4.69, 9.17) is 4.74 Å². The number of anilines is 1. The molecule has 0 spiro atoms. The summed E-state index contributed by atoms with van der Waals surface area (Å²) in [6.07, 6.45) is 3.57. The van der Waals surface area contributed by atoms with Crippen LogP contribution in [0.4, 0.5) is 5.69 Å². The number of hydrogen-bond donors (Lipinski definition) is 1. The van der Waals surface area contributed by atoms with Gasteiger partial charge in [-0.05, 0) is 44.0 Å². The van der Waals surface area contributed by atoms with Crippen molar-refractivity contribution < 1.29 is 23.9 Å². The first-order valence-corrected chi connectivity index (χ1v) is 9.12. The summed E-state index contributed by atoms with van der Waals surface area (Å²) >= 11 is 0. The predicted octanol–water partition coefficient (Wildman–Crippen LogP) is 2.08. The van der Waals surface area contributed by atoms with E-state index >= 15 is 0 Å². The first-order valence-electron chi connectivity index (χ1n) is 9.12. The molecule has 3 rings (SSSR count). The molecule has 2 aliphatic rings. The number of benzene rings is 1. The second-order valence-corrected chi connectivity index (χ2v) is 6.56. The van der Waals surface area contributed by atoms with E-state index in [1.54, 1.807) is 36.1 Å². The van der Waals surface area contributed by atoms with E-state index < -0.39 is 5.97 Å². The Morgan fingerprint density at radius 2 is 1.96 bits per heavy atom. The van der Waals surface area contributed by atoms with Gasteiger partial charge in [-0.25, -0.2) is 4.79 Å². The fourth-order valence-electron chi connectivity index (χ4n) is 3.43. The first-order chi connectivity index (χ1) is 13.0. The van der Waals surface area contributed by atoms with E-state index in [9.17, 15) is 19.2 Å². The van der Waals surface area contributed by atoms with Crippen LogP contribution in [0.2, 0.25) is 0 Å². The minimum Gasteiger partial charge on any atom is -0.462 e. The Bertz CT molecular complexity index is 797. The maximum Gasteiger partial charge on any atom is 0.338 e. The number of nitrogens with zero attached hydrogens (tertiary/aromatic N) is 1. The zero-order valence-electron chi connectivity index (χ0n) is 15.2. The van der Waals surface area contributed by atoms with Crippen molar-refractivity contribution in [1.82, 2.24) is 4.90 Å². The maximum absolute atomic E-state index is 12.2. The summed E-state index contributed by atoms with van der Waals surface area (Å²) in [5, 5.41) is 2.75. The summed E-state index contributed by atoms with van der Waals surface area (Å²) in [5.41, 5.74) is 1.56. The molecular formula is C20H22N2O5. The van der Waals surface area contributed by atoms with Crippen molar-refractivity contribution in [2.45, 2.75) is 38.6 Å². The van der Waals surface area contributed by atoms with Crippen LogP contribution in [0.25, 0.3) is 0 Å². The molecule has 142 valence electrons. The molecule has 1 fully saturated rings. The van der Waals surface area contributed by atoms with Crippen LogP contribution >= 0.6 is 0 Å². The first kappa shape index (κ1) is 18.8. The zero-order valence-corrected chi connectivity index (χ0v) is 15.2. The Balaban J connectivity index is 1.52. The fourth-order valence-corrected chi connectivity index (χ4v) is 3.43. The van der Waals surface area contributed by atoms with E-state index in [1.807, 2.05) is 0 Å². The normalized spacial score (nSPS) is 18.8. The van der Waals surface area contributed by atoms with E-state index in [0.29, 0.717) is 29.9 Å². The highest BCUT2D eigenvalue weighted by Crippen LogP contribution is 2.30. The van der Waals surface area contributed by atoms with Crippen LogP contribution in [0.15, 0.2) is 35.9 Å². The van der Waals surface area contributed by atoms with Crippen LogP contribution < -0.4 is 5.32 Å². The molecule has 1 saturated carbocycles. The lowest BCUT2D eigenvalue weighted by atomic mass is 9.90. The number of rotatable bonds is 6. The highest BCUT2D eigenvalue weighted by molar-refractivity contribution is 6.07. The van der Waals surface area contributed by atoms with Gasteiger partial charge in [0.05, 0.1) is 18.2 Å². The third-order valence-electron chi connectivity index (χ3n) is 4.76. The van der Waals surface area contributed by atoms with Gasteiger partial charge in [0.25, 0.3) is 0 Å². The number of Topliss-reactive ketones (excluding diaryl/α,β-unsaturated/α-hetero) is 1. The summed E-state index contributed by atoms with van der Waals surface area (Å²) in [6.45, 7) is 2.30. The van der Waals surface area contributed by atoms with Gasteiger partial charge in [-0.15, -0.1) is 0 Å². The highest BCUT2D eigenvalue weighted by Gasteiger charge is 2.38. The van der Waals surface area contributed by atoms with Crippen LogP contribution in [0.3, 0.4) is 0 Å². The topological polar surface area (TPSA) is 92.8 Å². The molecule has 0 aromatic heterocycles. The molecule has 7 heteroatoms. The van der Waals surface area contributed by atoms with E-state index in [0.717, 1.165) is 12.8 Å². The van der Waals surface area contributed by atoms with Crippen molar-refractivity contribution in [3.8, 4) is 0 Å². The number of hydrogen-bond acceptors (Lipinski definition) is 5. The summed E-state index contributed by atoms with van der Waals surface area (Å²) in [4.78, 5) is 49.5. The molecule has 1 aliphatic carbocycles. The number of carbonyl (C=O) groups is 4. The predicted molar refractivity (Wildman–Crippen MR) is 98.1 cm³/mol. The number of fused-ring (bicyclic) bond motifs is 1. The monoisotopic (exact) mass is 370 g/mol. The van der Waals surface area contributed by atoms with Crippen molar-refractivity contribution in [2.75, 3.05) is 18.5 Å². The van der Waals surface area contributed by atoms with Crippen molar-refractivity contribution in [3.05, 3.63) is 41.5 Å². The number of esters is 1. The molecule has 2 amide bonds. The second-order valence-electron chi connectivity index (χ2n) is 6.56. The minimum atomic E-state index is -0.409. The van der Waals surface area contributed by atoms with Crippen molar-refractivity contribution in [1.29, 1.82) is 0 Å². The molecule has 0 bridgehead atoms. The molecule has 0 saturated heterocycles. The Morgan fingerprint density at radius 1 is 1.22 bits per heavy atom. The van der Waals surface area contributed by atoms with Gasteiger partial charge in [0.2, 0.25) is 11.8 Å². The molecule has 1 atom stereocenters. The molecule has 1 N–H and O–H groups in total. The van der Waals surface area contributed by atoms with Gasteiger partial charge in [-0.1, -0.05) is 0 Å². The van der Waals surface area contributed by atoms with Gasteiger partial charge in [-0.2, -0.15) is 0 Å². The molecule has 1 heterocycles. The molecular weight excluding hydrogens is 348 g/mol. The minimum absolute atomic E-state index is 0.0354.